The average molecular weight is 241 g/mol. The van der Waals surface area contributed by atoms with E-state index in [4.69, 9.17) is 5.11 Å². The van der Waals surface area contributed by atoms with Crippen molar-refractivity contribution in [3.8, 4) is 0 Å². The van der Waals surface area contributed by atoms with E-state index in [0.29, 0.717) is 6.42 Å². The molecule has 0 radical (unpaired) electrons. The molecular weight excluding hydrogens is 226 g/mol. The number of carbonyl (C=O) groups is 2. The van der Waals surface area contributed by atoms with Gasteiger partial charge in [-0.2, -0.15) is 0 Å². The summed E-state index contributed by atoms with van der Waals surface area (Å²) in [4.78, 5) is 37.7. The molecule has 1 aromatic heterocycles. The van der Waals surface area contributed by atoms with Gasteiger partial charge in [-0.3, -0.25) is 9.59 Å². The Balaban J connectivity index is 2.52. The molecule has 1 atom stereocenters. The molecule has 17 heavy (non-hydrogen) atoms. The summed E-state index contributed by atoms with van der Waals surface area (Å²) in [5, 5.41) is 11.3. The van der Waals surface area contributed by atoms with Crippen molar-refractivity contribution in [3.05, 3.63) is 22.4 Å². The Kier molecular flexibility index (Phi) is 4.50. The van der Waals surface area contributed by atoms with Crippen molar-refractivity contribution in [1.29, 1.82) is 0 Å². The van der Waals surface area contributed by atoms with Crippen LogP contribution in [0.3, 0.4) is 0 Å². The number of imidazole rings is 1. The van der Waals surface area contributed by atoms with E-state index < -0.39 is 23.5 Å². The van der Waals surface area contributed by atoms with Crippen LogP contribution in [-0.2, 0) is 4.79 Å². The number of carboxylic acids is 1. The maximum Gasteiger partial charge on any atom is 0.323 e. The fraction of sp³-hybridized carbons (Fsp3) is 0.500. The van der Waals surface area contributed by atoms with Gasteiger partial charge in [0.2, 0.25) is 0 Å². The van der Waals surface area contributed by atoms with Crippen LogP contribution < -0.4 is 11.0 Å². The highest BCUT2D eigenvalue weighted by Crippen LogP contribution is 2.05. The molecule has 0 aliphatic rings. The number of aromatic amines is 2. The standard InChI is InChI=1S/C10H15N3O4/c1-2-3-6(9(15)16)4-11-8(14)7-5-12-10(17)13-7/h5-6H,2-4H2,1H3,(H,11,14)(H,15,16)(H2,12,13,17). The molecule has 1 heterocycles. The Labute approximate surface area is 97.2 Å². The zero-order valence-corrected chi connectivity index (χ0v) is 9.45. The van der Waals surface area contributed by atoms with Crippen molar-refractivity contribution < 1.29 is 14.7 Å². The molecule has 0 bridgehead atoms. The Bertz CT molecular complexity index is 448. The second-order valence-electron chi connectivity index (χ2n) is 3.69. The first kappa shape index (κ1) is 13.0. The molecule has 1 unspecified atom stereocenters. The first-order valence-corrected chi connectivity index (χ1v) is 5.33. The third-order valence-corrected chi connectivity index (χ3v) is 2.34. The van der Waals surface area contributed by atoms with E-state index in [9.17, 15) is 14.4 Å². The minimum absolute atomic E-state index is 0.0508. The van der Waals surface area contributed by atoms with Crippen molar-refractivity contribution >= 4 is 11.9 Å². The summed E-state index contributed by atoms with van der Waals surface area (Å²) < 4.78 is 0. The Morgan fingerprint density at radius 3 is 2.71 bits per heavy atom. The van der Waals surface area contributed by atoms with Crippen LogP contribution in [0.1, 0.15) is 30.3 Å². The van der Waals surface area contributed by atoms with E-state index in [0.717, 1.165) is 6.42 Å². The predicted molar refractivity (Wildman–Crippen MR) is 59.8 cm³/mol. The highest BCUT2D eigenvalue weighted by molar-refractivity contribution is 5.92. The number of carbonyl (C=O) groups excluding carboxylic acids is 1. The van der Waals surface area contributed by atoms with Gasteiger partial charge in [0.1, 0.15) is 5.69 Å². The number of aliphatic carboxylic acids is 1. The van der Waals surface area contributed by atoms with E-state index in [1.165, 1.54) is 6.20 Å². The molecule has 0 saturated carbocycles. The van der Waals surface area contributed by atoms with Crippen LogP contribution >= 0.6 is 0 Å². The third-order valence-electron chi connectivity index (χ3n) is 2.34. The number of nitrogens with one attached hydrogen (secondary N) is 3. The number of carboxylic acid groups (broad SMARTS) is 1. The quantitative estimate of drug-likeness (QED) is 0.558. The largest absolute Gasteiger partial charge is 0.481 e. The maximum absolute atomic E-state index is 11.5. The summed E-state index contributed by atoms with van der Waals surface area (Å²) in [7, 11) is 0. The maximum atomic E-state index is 11.5. The predicted octanol–water partition coefficient (Wildman–Crippen LogP) is -0.0663. The van der Waals surface area contributed by atoms with Gasteiger partial charge in [0.05, 0.1) is 5.92 Å². The van der Waals surface area contributed by atoms with E-state index >= 15 is 0 Å². The number of hydrogen-bond acceptors (Lipinski definition) is 3. The van der Waals surface area contributed by atoms with Gasteiger partial charge in [-0.15, -0.1) is 0 Å². The van der Waals surface area contributed by atoms with Crippen LogP contribution in [0.5, 0.6) is 0 Å². The molecule has 0 aliphatic heterocycles. The summed E-state index contributed by atoms with van der Waals surface area (Å²) in [6.45, 7) is 1.93. The minimum atomic E-state index is -0.935. The van der Waals surface area contributed by atoms with E-state index in [1.54, 1.807) is 0 Å². The van der Waals surface area contributed by atoms with Crippen LogP contribution in [0.25, 0.3) is 0 Å². The molecule has 94 valence electrons. The highest BCUT2D eigenvalue weighted by Gasteiger charge is 2.18. The van der Waals surface area contributed by atoms with Crippen LogP contribution in [0.4, 0.5) is 0 Å². The first-order valence-electron chi connectivity index (χ1n) is 5.33. The van der Waals surface area contributed by atoms with E-state index in [2.05, 4.69) is 15.3 Å². The molecule has 0 fully saturated rings. The molecule has 1 amide bonds. The third kappa shape index (κ3) is 3.78. The second kappa shape index (κ2) is 5.88. The Morgan fingerprint density at radius 2 is 2.24 bits per heavy atom. The molecule has 0 saturated heterocycles. The summed E-state index contributed by atoms with van der Waals surface area (Å²) >= 11 is 0. The fourth-order valence-electron chi connectivity index (χ4n) is 1.43. The van der Waals surface area contributed by atoms with Crippen LogP contribution in [0, 0.1) is 5.92 Å². The zero-order chi connectivity index (χ0) is 12.8. The average Bonchev–Trinajstić information content (AvgIpc) is 2.70. The molecule has 0 aromatic carbocycles. The van der Waals surface area contributed by atoms with Crippen molar-refractivity contribution in [2.45, 2.75) is 19.8 Å². The molecule has 0 aliphatic carbocycles. The lowest BCUT2D eigenvalue weighted by atomic mass is 10.0. The fourth-order valence-corrected chi connectivity index (χ4v) is 1.43. The van der Waals surface area contributed by atoms with Gasteiger partial charge in [-0.05, 0) is 6.42 Å². The van der Waals surface area contributed by atoms with E-state index in [-0.39, 0.29) is 12.2 Å². The summed E-state index contributed by atoms with van der Waals surface area (Å²) in [5.74, 6) is -2.03. The second-order valence-corrected chi connectivity index (χ2v) is 3.69. The Hall–Kier alpha value is -2.05. The first-order chi connectivity index (χ1) is 8.04. The summed E-state index contributed by atoms with van der Waals surface area (Å²) in [6.07, 6.45) is 2.47. The van der Waals surface area contributed by atoms with Crippen molar-refractivity contribution in [2.24, 2.45) is 5.92 Å². The van der Waals surface area contributed by atoms with Gasteiger partial charge in [0.15, 0.2) is 0 Å². The SMILES string of the molecule is CCCC(CNC(=O)c1c[nH]c(=O)[nH]1)C(=O)O. The van der Waals surface area contributed by atoms with Gasteiger partial charge in [-0.25, -0.2) is 4.79 Å². The van der Waals surface area contributed by atoms with Crippen LogP contribution in [0.2, 0.25) is 0 Å². The number of H-pyrrole nitrogens is 2. The Morgan fingerprint density at radius 1 is 1.53 bits per heavy atom. The van der Waals surface area contributed by atoms with E-state index in [1.807, 2.05) is 6.92 Å². The number of amides is 1. The van der Waals surface area contributed by atoms with Gasteiger partial charge < -0.3 is 20.4 Å². The summed E-state index contributed by atoms with van der Waals surface area (Å²) in [6, 6.07) is 0. The number of rotatable bonds is 6. The lowest BCUT2D eigenvalue weighted by Crippen LogP contribution is -2.33. The zero-order valence-electron chi connectivity index (χ0n) is 9.45. The molecular formula is C10H15N3O4. The summed E-state index contributed by atoms with van der Waals surface area (Å²) in [5.41, 5.74) is -0.380. The monoisotopic (exact) mass is 241 g/mol. The number of hydrogen-bond donors (Lipinski definition) is 4. The van der Waals surface area contributed by atoms with Crippen LogP contribution in [-0.4, -0.2) is 33.5 Å². The van der Waals surface area contributed by atoms with Gasteiger partial charge >= 0.3 is 11.7 Å². The van der Waals surface area contributed by atoms with Gasteiger partial charge in [0.25, 0.3) is 5.91 Å². The highest BCUT2D eigenvalue weighted by atomic mass is 16.4. The molecule has 4 N–H and O–H groups in total. The van der Waals surface area contributed by atoms with Crippen molar-refractivity contribution in [2.75, 3.05) is 6.54 Å². The van der Waals surface area contributed by atoms with Crippen molar-refractivity contribution in [3.63, 3.8) is 0 Å². The molecule has 0 spiro atoms. The molecule has 7 heteroatoms. The lowest BCUT2D eigenvalue weighted by molar-refractivity contribution is -0.141. The van der Waals surface area contributed by atoms with Gasteiger partial charge in [0, 0.05) is 12.7 Å². The van der Waals surface area contributed by atoms with Crippen LogP contribution in [0.15, 0.2) is 11.0 Å². The minimum Gasteiger partial charge on any atom is -0.481 e. The molecule has 7 nitrogen and oxygen atoms in total. The number of aromatic nitrogens is 2. The smallest absolute Gasteiger partial charge is 0.323 e. The van der Waals surface area contributed by atoms with Crippen molar-refractivity contribution in [1.82, 2.24) is 15.3 Å². The molecule has 1 aromatic rings. The lowest BCUT2D eigenvalue weighted by Gasteiger charge is -2.11. The molecule has 1 rings (SSSR count). The van der Waals surface area contributed by atoms with Gasteiger partial charge in [-0.1, -0.05) is 13.3 Å². The normalized spacial score (nSPS) is 12.1. The topological polar surface area (TPSA) is 115 Å².